The molecule has 6 aromatic carbocycles. The number of hydrogen-bond donors (Lipinski definition) is 1. The summed E-state index contributed by atoms with van der Waals surface area (Å²) in [5.74, 6) is -0.884. The maximum atomic E-state index is 13.2. The fraction of sp³-hybridized carbons (Fsp3) is 0.269. The van der Waals surface area contributed by atoms with Gasteiger partial charge in [-0.1, -0.05) is 94.9 Å². The summed E-state index contributed by atoms with van der Waals surface area (Å²) in [6.07, 6.45) is -20.0. The molecule has 2 saturated heterocycles. The number of carbonyl (C=O) groups excluding carboxylic acids is 2. The molecule has 400 valence electrons. The van der Waals surface area contributed by atoms with Gasteiger partial charge in [-0.2, -0.15) is 52.7 Å². The summed E-state index contributed by atoms with van der Waals surface area (Å²) >= 11 is 29.0. The molecule has 75 heavy (non-hydrogen) atoms. The van der Waals surface area contributed by atoms with Gasteiger partial charge < -0.3 is 10.2 Å². The van der Waals surface area contributed by atoms with Crippen LogP contribution < -0.4 is 5.32 Å². The summed E-state index contributed by atoms with van der Waals surface area (Å²) in [5, 5.41) is 4.69. The molecule has 0 radical (unpaired) electrons. The molecule has 6 nitrogen and oxygen atoms in total. The molecule has 1 N–H and O–H groups in total. The topological polar surface area (TPSA) is 55.9 Å². The van der Waals surface area contributed by atoms with E-state index in [1.807, 2.05) is 48.5 Å². The predicted molar refractivity (Wildman–Crippen MR) is 264 cm³/mol. The lowest BCUT2D eigenvalue weighted by Gasteiger charge is -2.40. The van der Waals surface area contributed by atoms with Crippen LogP contribution in [0, 0.1) is 0 Å². The maximum absolute atomic E-state index is 13.2. The highest BCUT2D eigenvalue weighted by atomic mass is 35.5. The first-order valence-corrected chi connectivity index (χ1v) is 24.3. The molecule has 23 heteroatoms. The number of halogens is 17. The van der Waals surface area contributed by atoms with Crippen molar-refractivity contribution in [3.63, 3.8) is 0 Å². The van der Waals surface area contributed by atoms with E-state index in [-0.39, 0.29) is 49.4 Å². The summed E-state index contributed by atoms with van der Waals surface area (Å²) in [6.45, 7) is 5.04. The van der Waals surface area contributed by atoms with E-state index >= 15 is 0 Å². The Morgan fingerprint density at radius 2 is 0.667 bits per heavy atom. The standard InChI is InChI=1S/C26H20Cl2F6N2O.C17H18Cl2N2.C9H3ClF6O/c27-21-5-1-16(2-6-21)23(17-3-7-22(28)8-4-17)35-9-11-36(12-10-35)24(37)18-13-19(25(29,30)31)15-20(14-18)26(32,33)34;18-15-5-1-13(2-6-15)17(21-11-9-20-10-12-21)14-3-7-16(19)8-4-14;10-7(17)4-1-5(8(11,12)13)3-6(2-4)9(14,15)16/h1-8,13-15,23H,9-12H2;1-8,17,20H,9-12H2;1-3H. The first-order chi connectivity index (χ1) is 35.1. The molecule has 0 unspecified atom stereocenters. The van der Waals surface area contributed by atoms with Gasteiger partial charge >= 0.3 is 24.7 Å². The minimum Gasteiger partial charge on any atom is -0.336 e. The summed E-state index contributed by atoms with van der Waals surface area (Å²) in [5.41, 5.74) is -3.29. The molecule has 0 saturated carbocycles. The molecule has 0 bridgehead atoms. The first-order valence-electron chi connectivity index (χ1n) is 22.4. The summed E-state index contributed by atoms with van der Waals surface area (Å²) in [7, 11) is 0. The van der Waals surface area contributed by atoms with Gasteiger partial charge in [-0.05, 0) is 119 Å². The Morgan fingerprint density at radius 3 is 0.933 bits per heavy atom. The number of piperazine rings is 2. The first kappa shape index (κ1) is 59.2. The van der Waals surface area contributed by atoms with Crippen LogP contribution in [-0.4, -0.2) is 78.2 Å². The van der Waals surface area contributed by atoms with Crippen LogP contribution in [0.3, 0.4) is 0 Å². The molecule has 0 aromatic heterocycles. The number of nitrogens with zero attached hydrogens (tertiary/aromatic N) is 3. The fourth-order valence-electron chi connectivity index (χ4n) is 8.26. The molecule has 2 heterocycles. The van der Waals surface area contributed by atoms with Crippen molar-refractivity contribution in [3.05, 3.63) is 209 Å². The molecule has 0 aliphatic carbocycles. The summed E-state index contributed by atoms with van der Waals surface area (Å²) < 4.78 is 153. The summed E-state index contributed by atoms with van der Waals surface area (Å²) in [6, 6.07) is 32.3. The Balaban J connectivity index is 0.000000202. The minimum atomic E-state index is -5.03. The van der Waals surface area contributed by atoms with Crippen LogP contribution >= 0.6 is 58.0 Å². The number of carbonyl (C=O) groups is 2. The molecule has 8 rings (SSSR count). The lowest BCUT2D eigenvalue weighted by atomic mass is 9.96. The van der Waals surface area contributed by atoms with Gasteiger partial charge in [-0.15, -0.1) is 0 Å². The van der Waals surface area contributed by atoms with Gasteiger partial charge in [0.1, 0.15) is 0 Å². The molecule has 0 spiro atoms. The summed E-state index contributed by atoms with van der Waals surface area (Å²) in [4.78, 5) is 29.5. The predicted octanol–water partition coefficient (Wildman–Crippen LogP) is 15.7. The number of rotatable bonds is 8. The van der Waals surface area contributed by atoms with E-state index in [9.17, 15) is 62.3 Å². The van der Waals surface area contributed by atoms with Crippen LogP contribution in [0.25, 0.3) is 0 Å². The van der Waals surface area contributed by atoms with E-state index in [0.29, 0.717) is 35.3 Å². The number of nitrogens with one attached hydrogen (secondary N) is 1. The Kier molecular flexibility index (Phi) is 19.7. The quantitative estimate of drug-likeness (QED) is 0.122. The SMILES string of the molecule is Clc1ccc(C(c2ccc(Cl)cc2)N2CCNCC2)cc1.O=C(Cl)c1cc(C(F)(F)F)cc(C(F)(F)F)c1.O=C(c1cc(C(F)(F)F)cc(C(F)(F)F)c1)N1CCN(C(c2ccc(Cl)cc2)c2ccc(Cl)cc2)CC1. The molecule has 2 aliphatic rings. The largest absolute Gasteiger partial charge is 0.416 e. The normalized spacial score (nSPS) is 15.0. The van der Waals surface area contributed by atoms with E-state index in [0.717, 1.165) is 47.4 Å². The Morgan fingerprint density at radius 1 is 0.400 bits per heavy atom. The van der Waals surface area contributed by atoms with Crippen molar-refractivity contribution >= 4 is 69.2 Å². The highest BCUT2D eigenvalue weighted by Crippen LogP contribution is 2.39. The van der Waals surface area contributed by atoms with E-state index in [1.54, 1.807) is 24.3 Å². The molecule has 6 aromatic rings. The van der Waals surface area contributed by atoms with Crippen molar-refractivity contribution in [3.8, 4) is 0 Å². The fourth-order valence-corrected chi connectivity index (χ4v) is 8.87. The second kappa shape index (κ2) is 25.0. The third-order valence-electron chi connectivity index (χ3n) is 11.9. The molecule has 2 fully saturated rings. The Bertz CT molecular complexity index is 2720. The number of hydrogen-bond acceptors (Lipinski definition) is 5. The van der Waals surface area contributed by atoms with E-state index in [1.165, 1.54) is 16.0 Å². The van der Waals surface area contributed by atoms with Crippen LogP contribution in [0.1, 0.15) is 77.3 Å². The van der Waals surface area contributed by atoms with Gasteiger partial charge in [-0.3, -0.25) is 19.4 Å². The van der Waals surface area contributed by atoms with Gasteiger partial charge in [0, 0.05) is 83.6 Å². The van der Waals surface area contributed by atoms with Gasteiger partial charge in [0.05, 0.1) is 34.3 Å². The van der Waals surface area contributed by atoms with E-state index < -0.39 is 69.2 Å². The molecule has 1 amide bonds. The third-order valence-corrected chi connectivity index (χ3v) is 13.1. The lowest BCUT2D eigenvalue weighted by Crippen LogP contribution is -2.50. The van der Waals surface area contributed by atoms with Gasteiger partial charge in [0.25, 0.3) is 11.1 Å². The van der Waals surface area contributed by atoms with Crippen LogP contribution in [0.2, 0.25) is 20.1 Å². The van der Waals surface area contributed by atoms with Crippen LogP contribution in [0.15, 0.2) is 133 Å². The van der Waals surface area contributed by atoms with Crippen molar-refractivity contribution in [2.75, 3.05) is 52.4 Å². The highest BCUT2D eigenvalue weighted by molar-refractivity contribution is 6.67. The van der Waals surface area contributed by atoms with E-state index in [2.05, 4.69) is 39.4 Å². The highest BCUT2D eigenvalue weighted by Gasteiger charge is 2.40. The zero-order valence-corrected chi connectivity index (χ0v) is 42.4. The van der Waals surface area contributed by atoms with Gasteiger partial charge in [0.15, 0.2) is 0 Å². The average molecular weight is 1160 g/mol. The van der Waals surface area contributed by atoms with Crippen LogP contribution in [0.5, 0.6) is 0 Å². The van der Waals surface area contributed by atoms with Crippen molar-refractivity contribution in [2.24, 2.45) is 0 Å². The van der Waals surface area contributed by atoms with E-state index in [4.69, 9.17) is 58.0 Å². The Labute approximate surface area is 447 Å². The second-order valence-corrected chi connectivity index (χ2v) is 19.1. The zero-order valence-electron chi connectivity index (χ0n) is 38.6. The van der Waals surface area contributed by atoms with Gasteiger partial charge in [-0.25, -0.2) is 0 Å². The molecule has 2 aliphatic heterocycles. The van der Waals surface area contributed by atoms with Crippen molar-refractivity contribution in [2.45, 2.75) is 36.8 Å². The zero-order chi connectivity index (χ0) is 55.0. The maximum Gasteiger partial charge on any atom is 0.416 e. The molecular formula is C52H41Cl5F12N4O2. The second-order valence-electron chi connectivity index (χ2n) is 17.0. The number of alkyl halides is 12. The van der Waals surface area contributed by atoms with Crippen LogP contribution in [-0.2, 0) is 24.7 Å². The number of amides is 1. The third kappa shape index (κ3) is 16.5. The van der Waals surface area contributed by atoms with Gasteiger partial charge in [0.2, 0.25) is 0 Å². The van der Waals surface area contributed by atoms with Crippen molar-refractivity contribution in [1.82, 2.24) is 20.0 Å². The average Bonchev–Trinajstić information content (AvgIpc) is 3.36. The number of benzene rings is 6. The lowest BCUT2D eigenvalue weighted by molar-refractivity contribution is -0.144. The molecular weight excluding hydrogens is 1120 g/mol. The Hall–Kier alpha value is -5.05. The smallest absolute Gasteiger partial charge is 0.336 e. The molecule has 0 atom stereocenters. The van der Waals surface area contributed by atoms with Crippen molar-refractivity contribution in [1.29, 1.82) is 0 Å². The minimum absolute atomic E-state index is 0.0115. The van der Waals surface area contributed by atoms with Crippen molar-refractivity contribution < 1.29 is 62.3 Å². The van der Waals surface area contributed by atoms with Crippen LogP contribution in [0.4, 0.5) is 52.7 Å². The monoisotopic (exact) mass is 1160 g/mol.